The van der Waals surface area contributed by atoms with Crippen molar-refractivity contribution in [1.82, 2.24) is 5.06 Å². The van der Waals surface area contributed by atoms with E-state index in [-0.39, 0.29) is 12.4 Å². The Balaban J connectivity index is 2.02. The lowest BCUT2D eigenvalue weighted by Crippen LogP contribution is -2.53. The fraction of sp³-hybridized carbons (Fsp3) is 0.632. The molecular weight excluding hydrogens is 320 g/mol. The molecule has 25 heavy (non-hydrogen) atoms. The van der Waals surface area contributed by atoms with Crippen LogP contribution in [0.2, 0.25) is 0 Å². The summed E-state index contributed by atoms with van der Waals surface area (Å²) in [7, 11) is 0. The molecule has 6 nitrogen and oxygen atoms in total. The van der Waals surface area contributed by atoms with Gasteiger partial charge in [-0.3, -0.25) is 4.74 Å². The summed E-state index contributed by atoms with van der Waals surface area (Å²) in [5.74, 6) is 0.864. The molecule has 0 amide bonds. The topological polar surface area (TPSA) is 78.7 Å². The average Bonchev–Trinajstić information content (AvgIpc) is 2.69. The van der Waals surface area contributed by atoms with Crippen molar-refractivity contribution in [2.45, 2.75) is 64.5 Å². The van der Waals surface area contributed by atoms with E-state index in [2.05, 4.69) is 0 Å². The average molecular weight is 349 g/mol. The molecule has 0 unspecified atom stereocenters. The van der Waals surface area contributed by atoms with Gasteiger partial charge in [0, 0.05) is 11.8 Å². The first-order chi connectivity index (χ1) is 11.7. The molecule has 0 fully saturated rings. The lowest BCUT2D eigenvalue weighted by Gasteiger charge is -2.32. The highest BCUT2D eigenvalue weighted by Gasteiger charge is 2.59. The molecule has 0 atom stereocenters. The number of amidine groups is 1. The van der Waals surface area contributed by atoms with E-state index in [4.69, 9.17) is 9.84 Å². The monoisotopic (exact) mass is 349 g/mol. The van der Waals surface area contributed by atoms with E-state index < -0.39 is 11.1 Å². The minimum absolute atomic E-state index is 0.144. The van der Waals surface area contributed by atoms with Crippen LogP contribution in [0.15, 0.2) is 24.3 Å². The van der Waals surface area contributed by atoms with E-state index in [1.165, 1.54) is 0 Å². The number of unbranched alkanes of at least 4 members (excludes halogenated alkanes) is 3. The molecule has 6 heteroatoms. The van der Waals surface area contributed by atoms with Crippen molar-refractivity contribution in [1.29, 1.82) is 0 Å². The van der Waals surface area contributed by atoms with Crippen molar-refractivity contribution >= 4 is 5.84 Å². The van der Waals surface area contributed by atoms with Gasteiger partial charge in [-0.25, -0.2) is 0 Å². The number of hydrogen-bond acceptors (Lipinski definition) is 4. The Morgan fingerprint density at radius 1 is 1.08 bits per heavy atom. The Bertz CT molecular complexity index is 608. The molecule has 1 aliphatic heterocycles. The molecule has 139 valence electrons. The summed E-state index contributed by atoms with van der Waals surface area (Å²) in [6.07, 6.45) is 3.79. The van der Waals surface area contributed by atoms with Gasteiger partial charge in [-0.05, 0) is 71.2 Å². The summed E-state index contributed by atoms with van der Waals surface area (Å²) in [5.41, 5.74) is -1.03. The minimum Gasteiger partial charge on any atom is -0.714 e. The van der Waals surface area contributed by atoms with Crippen LogP contribution in [0.5, 0.6) is 5.75 Å². The molecule has 1 radical (unpaired) electrons. The van der Waals surface area contributed by atoms with Gasteiger partial charge < -0.3 is 15.1 Å². The molecule has 1 aromatic rings. The number of ether oxygens (including phenoxy) is 1. The fourth-order valence-electron chi connectivity index (χ4n) is 2.80. The number of nitrogens with zero attached hydrogens (tertiary/aromatic N) is 2. The maximum Gasteiger partial charge on any atom is 0.316 e. The molecule has 0 spiro atoms. The summed E-state index contributed by atoms with van der Waals surface area (Å²) >= 11 is 0. The van der Waals surface area contributed by atoms with Crippen molar-refractivity contribution in [2.75, 3.05) is 13.2 Å². The van der Waals surface area contributed by atoms with Crippen LogP contribution in [0.3, 0.4) is 0 Å². The van der Waals surface area contributed by atoms with Gasteiger partial charge in [0.2, 0.25) is 0 Å². The second-order valence-corrected chi connectivity index (χ2v) is 7.54. The zero-order chi connectivity index (χ0) is 18.7. The number of hydroxylamine groups is 3. The smallest absolute Gasteiger partial charge is 0.316 e. The van der Waals surface area contributed by atoms with E-state index >= 15 is 0 Å². The van der Waals surface area contributed by atoms with Crippen LogP contribution in [-0.4, -0.2) is 45.0 Å². The second-order valence-electron chi connectivity index (χ2n) is 7.54. The summed E-state index contributed by atoms with van der Waals surface area (Å²) in [6.45, 7) is 7.99. The van der Waals surface area contributed by atoms with E-state index in [1.807, 2.05) is 0 Å². The third-order valence-electron chi connectivity index (χ3n) is 5.33. The largest absolute Gasteiger partial charge is 0.714 e. The summed E-state index contributed by atoms with van der Waals surface area (Å²) < 4.78 is 6.50. The number of aliphatic hydroxyl groups is 1. The number of benzene rings is 1. The first kappa shape index (κ1) is 19.5. The van der Waals surface area contributed by atoms with Gasteiger partial charge in [0.25, 0.3) is 0 Å². The van der Waals surface area contributed by atoms with Gasteiger partial charge in [0.05, 0.1) is 12.2 Å². The summed E-state index contributed by atoms with van der Waals surface area (Å²) in [4.78, 5) is 0. The van der Waals surface area contributed by atoms with Crippen LogP contribution in [0.4, 0.5) is 0 Å². The maximum atomic E-state index is 12.6. The Hall–Kier alpha value is -1.79. The molecule has 1 heterocycles. The third-order valence-corrected chi connectivity index (χ3v) is 5.33. The van der Waals surface area contributed by atoms with E-state index in [0.29, 0.717) is 12.2 Å². The standard InChI is InChI=1S/C19H29N2O4/c1-18(2)19(3,4)21(24)17(20(18)23)15-9-11-16(12-10-15)25-14-8-6-5-7-13-22/h9-12,22H,5-8,13-14H2,1-4H3. The molecule has 1 aromatic carbocycles. The number of rotatable bonds is 8. The molecular formula is C19H29N2O4. The van der Waals surface area contributed by atoms with E-state index in [1.54, 1.807) is 52.0 Å². The molecule has 0 saturated heterocycles. The zero-order valence-electron chi connectivity index (χ0n) is 15.6. The number of hydrogen-bond donors (Lipinski definition) is 1. The highest BCUT2D eigenvalue weighted by Crippen LogP contribution is 2.37. The molecule has 1 aliphatic rings. The van der Waals surface area contributed by atoms with Gasteiger partial charge in [0.1, 0.15) is 11.3 Å². The van der Waals surface area contributed by atoms with Crippen LogP contribution in [0, 0.1) is 5.21 Å². The molecule has 0 bridgehead atoms. The minimum atomic E-state index is -0.812. The Labute approximate surface area is 149 Å². The lowest BCUT2D eigenvalue weighted by atomic mass is 9.84. The zero-order valence-corrected chi connectivity index (χ0v) is 15.6. The van der Waals surface area contributed by atoms with Crippen LogP contribution in [-0.2, 0) is 5.21 Å². The molecule has 0 saturated carbocycles. The highest BCUT2D eigenvalue weighted by atomic mass is 16.5. The van der Waals surface area contributed by atoms with Gasteiger partial charge in [0.15, 0.2) is 5.54 Å². The summed E-state index contributed by atoms with van der Waals surface area (Å²) in [6, 6.07) is 7.08. The van der Waals surface area contributed by atoms with Crippen LogP contribution < -0.4 is 4.74 Å². The number of aliphatic hydroxyl groups excluding tert-OH is 1. The lowest BCUT2D eigenvalue weighted by molar-refractivity contribution is -0.539. The molecule has 0 aromatic heterocycles. The SMILES string of the molecule is CC1(C)N([O])C(c2ccc(OCCCCCCO)cc2)=[N+]([O-])C1(C)C. The van der Waals surface area contributed by atoms with Crippen molar-refractivity contribution in [3.63, 3.8) is 0 Å². The molecule has 0 aliphatic carbocycles. The maximum absolute atomic E-state index is 12.6. The molecule has 1 N–H and O–H groups in total. The second kappa shape index (κ2) is 7.62. The fourth-order valence-corrected chi connectivity index (χ4v) is 2.80. The Morgan fingerprint density at radius 3 is 2.20 bits per heavy atom. The highest BCUT2D eigenvalue weighted by molar-refractivity contribution is 5.96. The first-order valence-corrected chi connectivity index (χ1v) is 8.89. The van der Waals surface area contributed by atoms with Crippen molar-refractivity contribution in [2.24, 2.45) is 0 Å². The predicted octanol–water partition coefficient (Wildman–Crippen LogP) is 3.09. The van der Waals surface area contributed by atoms with Crippen LogP contribution in [0.25, 0.3) is 0 Å². The van der Waals surface area contributed by atoms with Gasteiger partial charge in [-0.15, -0.1) is 0 Å². The van der Waals surface area contributed by atoms with Crippen molar-refractivity contribution < 1.29 is 19.8 Å². The van der Waals surface area contributed by atoms with Gasteiger partial charge in [-0.1, -0.05) is 11.5 Å². The Morgan fingerprint density at radius 2 is 1.68 bits per heavy atom. The Kier molecular flexibility index (Phi) is 5.95. The van der Waals surface area contributed by atoms with E-state index in [0.717, 1.165) is 41.2 Å². The van der Waals surface area contributed by atoms with Crippen LogP contribution in [0.1, 0.15) is 58.9 Å². The van der Waals surface area contributed by atoms with Gasteiger partial charge >= 0.3 is 5.84 Å². The summed E-state index contributed by atoms with van der Waals surface area (Å²) in [5, 5.41) is 34.8. The van der Waals surface area contributed by atoms with Crippen LogP contribution >= 0.6 is 0 Å². The van der Waals surface area contributed by atoms with Crippen molar-refractivity contribution in [3.05, 3.63) is 35.0 Å². The van der Waals surface area contributed by atoms with Crippen molar-refractivity contribution in [3.8, 4) is 5.75 Å². The molecule has 2 rings (SSSR count). The van der Waals surface area contributed by atoms with Gasteiger partial charge in [-0.2, -0.15) is 0 Å². The first-order valence-electron chi connectivity index (χ1n) is 8.89. The third kappa shape index (κ3) is 3.75. The van der Waals surface area contributed by atoms with E-state index in [9.17, 15) is 10.4 Å². The predicted molar refractivity (Wildman–Crippen MR) is 95.9 cm³/mol. The quantitative estimate of drug-likeness (QED) is 0.444. The normalized spacial score (nSPS) is 18.7.